The van der Waals surface area contributed by atoms with E-state index in [1.807, 2.05) is 12.3 Å². The lowest BCUT2D eigenvalue weighted by Gasteiger charge is -1.95. The van der Waals surface area contributed by atoms with Crippen LogP contribution in [0.25, 0.3) is 20.9 Å². The van der Waals surface area contributed by atoms with Gasteiger partial charge in [-0.2, -0.15) is 4.57 Å². The van der Waals surface area contributed by atoms with E-state index in [0.29, 0.717) is 0 Å². The van der Waals surface area contributed by atoms with Crippen molar-refractivity contribution >= 4 is 21.6 Å². The van der Waals surface area contributed by atoms with Crippen LogP contribution >= 0.6 is 11.3 Å². The third-order valence-electron chi connectivity index (χ3n) is 2.87. The van der Waals surface area contributed by atoms with Crippen molar-refractivity contribution in [2.45, 2.75) is 6.92 Å². The van der Waals surface area contributed by atoms with Gasteiger partial charge in [-0.1, -0.05) is 23.5 Å². The fraction of sp³-hybridized carbons (Fsp3) is 0.143. The molecule has 3 heteroatoms. The van der Waals surface area contributed by atoms with Gasteiger partial charge in [-0.05, 0) is 30.7 Å². The van der Waals surface area contributed by atoms with Crippen LogP contribution in [-0.4, -0.2) is 4.98 Å². The van der Waals surface area contributed by atoms with Crippen LogP contribution in [0.2, 0.25) is 0 Å². The van der Waals surface area contributed by atoms with Crippen LogP contribution < -0.4 is 4.57 Å². The van der Waals surface area contributed by atoms with Gasteiger partial charge in [-0.3, -0.25) is 0 Å². The summed E-state index contributed by atoms with van der Waals surface area (Å²) in [5, 5.41) is 1.20. The Balaban J connectivity index is 2.27. The highest BCUT2D eigenvalue weighted by molar-refractivity contribution is 7.21. The second-order valence-electron chi connectivity index (χ2n) is 4.15. The molecule has 1 aromatic carbocycles. The van der Waals surface area contributed by atoms with Gasteiger partial charge >= 0.3 is 0 Å². The smallest absolute Gasteiger partial charge is 0.249 e. The highest BCUT2D eigenvalue weighted by atomic mass is 32.1. The summed E-state index contributed by atoms with van der Waals surface area (Å²) in [5.74, 6) is 0. The Morgan fingerprint density at radius 3 is 2.76 bits per heavy atom. The van der Waals surface area contributed by atoms with Gasteiger partial charge in [0.2, 0.25) is 5.52 Å². The number of nitrogens with zero attached hydrogens (tertiary/aromatic N) is 2. The standard InChI is InChI=1S/C14H13N2S/c1-10-7-8-15-11(9-10)14-16(2)12-5-3-4-6-13(12)17-14/h3-9H,1-2H3/q+1. The van der Waals surface area contributed by atoms with E-state index in [4.69, 9.17) is 0 Å². The molecule has 3 aromatic rings. The minimum Gasteiger partial charge on any atom is -0.249 e. The Hall–Kier alpha value is -1.74. The fourth-order valence-electron chi connectivity index (χ4n) is 1.98. The average molecular weight is 241 g/mol. The molecule has 2 aromatic heterocycles. The highest BCUT2D eigenvalue weighted by Gasteiger charge is 2.18. The molecule has 0 saturated heterocycles. The van der Waals surface area contributed by atoms with Crippen molar-refractivity contribution in [2.75, 3.05) is 0 Å². The largest absolute Gasteiger partial charge is 0.288 e. The zero-order valence-corrected chi connectivity index (χ0v) is 10.7. The van der Waals surface area contributed by atoms with E-state index in [1.54, 1.807) is 11.3 Å². The van der Waals surface area contributed by atoms with Crippen LogP contribution in [-0.2, 0) is 7.05 Å². The van der Waals surface area contributed by atoms with Gasteiger partial charge in [0.25, 0.3) is 5.01 Å². The van der Waals surface area contributed by atoms with E-state index in [1.165, 1.54) is 20.8 Å². The molecule has 0 spiro atoms. The molecule has 3 rings (SSSR count). The number of thiazole rings is 1. The topological polar surface area (TPSA) is 16.8 Å². The lowest BCUT2D eigenvalue weighted by molar-refractivity contribution is -0.629. The molecule has 0 aliphatic carbocycles. The minimum atomic E-state index is 1.05. The van der Waals surface area contributed by atoms with Gasteiger partial charge in [0.05, 0.1) is 0 Å². The number of pyridine rings is 1. The monoisotopic (exact) mass is 241 g/mol. The summed E-state index contributed by atoms with van der Waals surface area (Å²) in [6.45, 7) is 2.10. The summed E-state index contributed by atoms with van der Waals surface area (Å²) in [5.41, 5.74) is 3.55. The summed E-state index contributed by atoms with van der Waals surface area (Å²) in [4.78, 5) is 4.46. The molecule has 0 radical (unpaired) electrons. The lowest BCUT2D eigenvalue weighted by atomic mass is 10.2. The maximum absolute atomic E-state index is 4.46. The van der Waals surface area contributed by atoms with E-state index in [-0.39, 0.29) is 0 Å². The van der Waals surface area contributed by atoms with Crippen LogP contribution in [0.5, 0.6) is 0 Å². The van der Waals surface area contributed by atoms with Crippen molar-refractivity contribution in [3.63, 3.8) is 0 Å². The minimum absolute atomic E-state index is 1.05. The maximum Gasteiger partial charge on any atom is 0.288 e. The number of benzene rings is 1. The number of rotatable bonds is 1. The zero-order valence-electron chi connectivity index (χ0n) is 9.84. The number of aromatic nitrogens is 2. The van der Waals surface area contributed by atoms with Gasteiger partial charge in [-0.25, -0.2) is 4.98 Å². The molecule has 0 fully saturated rings. The highest BCUT2D eigenvalue weighted by Crippen LogP contribution is 2.26. The van der Waals surface area contributed by atoms with E-state index < -0.39 is 0 Å². The van der Waals surface area contributed by atoms with Crippen LogP contribution in [0.15, 0.2) is 42.6 Å². The van der Waals surface area contributed by atoms with Crippen molar-refractivity contribution < 1.29 is 4.57 Å². The second kappa shape index (κ2) is 3.93. The van der Waals surface area contributed by atoms with E-state index in [2.05, 4.69) is 53.9 Å². The lowest BCUT2D eigenvalue weighted by Crippen LogP contribution is -2.28. The summed E-state index contributed by atoms with van der Waals surface area (Å²) in [7, 11) is 2.10. The SMILES string of the molecule is Cc1ccnc(-c2sc3ccccc3[n+]2C)c1. The normalized spacial score (nSPS) is 10.9. The predicted octanol–water partition coefficient (Wildman–Crippen LogP) is 3.10. The molecule has 0 saturated carbocycles. The average Bonchev–Trinajstić information content (AvgIpc) is 2.68. The Morgan fingerprint density at radius 2 is 2.00 bits per heavy atom. The van der Waals surface area contributed by atoms with Crippen molar-refractivity contribution in [1.29, 1.82) is 0 Å². The van der Waals surface area contributed by atoms with Gasteiger partial charge in [0.15, 0.2) is 0 Å². The first-order valence-corrected chi connectivity index (χ1v) is 6.38. The van der Waals surface area contributed by atoms with Crippen LogP contribution in [0, 0.1) is 6.92 Å². The van der Waals surface area contributed by atoms with Crippen molar-refractivity contribution in [3.8, 4) is 10.7 Å². The number of hydrogen-bond donors (Lipinski definition) is 0. The summed E-state index contributed by atoms with van der Waals surface area (Å²) in [6, 6.07) is 12.6. The van der Waals surface area contributed by atoms with E-state index >= 15 is 0 Å². The first-order chi connectivity index (χ1) is 8.25. The van der Waals surface area contributed by atoms with Gasteiger partial charge < -0.3 is 0 Å². The van der Waals surface area contributed by atoms with E-state index in [9.17, 15) is 0 Å². The fourth-order valence-corrected chi connectivity index (χ4v) is 3.10. The Labute approximate surface area is 104 Å². The van der Waals surface area contributed by atoms with Crippen LogP contribution in [0.3, 0.4) is 0 Å². The molecule has 2 heterocycles. The molecule has 84 valence electrons. The first kappa shape index (κ1) is 10.4. The molecular formula is C14H13N2S+. The molecular weight excluding hydrogens is 228 g/mol. The van der Waals surface area contributed by atoms with Crippen LogP contribution in [0.1, 0.15) is 5.56 Å². The van der Waals surface area contributed by atoms with Crippen LogP contribution in [0.4, 0.5) is 0 Å². The third-order valence-corrected chi connectivity index (χ3v) is 4.11. The molecule has 0 bridgehead atoms. The number of aryl methyl sites for hydroxylation is 2. The molecule has 0 atom stereocenters. The summed E-state index contributed by atoms with van der Waals surface area (Å²) in [6.07, 6.45) is 1.87. The maximum atomic E-state index is 4.46. The van der Waals surface area contributed by atoms with Gasteiger partial charge in [-0.15, -0.1) is 0 Å². The third kappa shape index (κ3) is 1.72. The molecule has 0 aliphatic heterocycles. The molecule has 0 unspecified atom stereocenters. The quantitative estimate of drug-likeness (QED) is 0.598. The van der Waals surface area contributed by atoms with Gasteiger partial charge in [0, 0.05) is 12.3 Å². The molecule has 2 nitrogen and oxygen atoms in total. The summed E-state index contributed by atoms with van der Waals surface area (Å²) < 4.78 is 3.51. The first-order valence-electron chi connectivity index (χ1n) is 5.56. The Morgan fingerprint density at radius 1 is 1.18 bits per heavy atom. The molecule has 17 heavy (non-hydrogen) atoms. The number of fused-ring (bicyclic) bond motifs is 1. The molecule has 0 amide bonds. The van der Waals surface area contributed by atoms with E-state index in [0.717, 1.165) is 5.69 Å². The number of hydrogen-bond acceptors (Lipinski definition) is 2. The number of para-hydroxylation sites is 1. The van der Waals surface area contributed by atoms with Crippen molar-refractivity contribution in [3.05, 3.63) is 48.2 Å². The zero-order chi connectivity index (χ0) is 11.8. The molecule has 0 N–H and O–H groups in total. The van der Waals surface area contributed by atoms with Gasteiger partial charge in [0.1, 0.15) is 17.4 Å². The van der Waals surface area contributed by atoms with Crippen molar-refractivity contribution in [2.24, 2.45) is 7.05 Å². The molecule has 0 aliphatic rings. The Bertz CT molecular complexity index is 686. The summed E-state index contributed by atoms with van der Waals surface area (Å²) >= 11 is 1.79. The van der Waals surface area contributed by atoms with Crippen molar-refractivity contribution in [1.82, 2.24) is 4.98 Å². The predicted molar refractivity (Wildman–Crippen MR) is 71.0 cm³/mol. The Kier molecular flexibility index (Phi) is 2.41. The second-order valence-corrected chi connectivity index (χ2v) is 5.18.